The number of carbonyl (C=O) groups is 1. The van der Waals surface area contributed by atoms with E-state index in [0.717, 1.165) is 69.0 Å². The molecular weight excluding hydrogens is 504 g/mol. The second kappa shape index (κ2) is 12.9. The third-order valence-electron chi connectivity index (χ3n) is 9.21. The molecule has 5 aliphatic rings. The molecule has 39 heavy (non-hydrogen) atoms. The number of fused-ring (bicyclic) bond motifs is 3. The zero-order valence-corrected chi connectivity index (χ0v) is 25.7. The second-order valence-corrected chi connectivity index (χ2v) is 14.0. The molecule has 1 aromatic rings. The average molecular weight is 555 g/mol. The Balaban J connectivity index is 1.37. The van der Waals surface area contributed by atoms with E-state index in [1.165, 1.54) is 66.9 Å². The summed E-state index contributed by atoms with van der Waals surface area (Å²) >= 11 is 2.03. The van der Waals surface area contributed by atoms with Crippen molar-refractivity contribution in [2.45, 2.75) is 97.5 Å². The van der Waals surface area contributed by atoms with E-state index in [-0.39, 0.29) is 11.6 Å². The Morgan fingerprint density at radius 3 is 2.62 bits per heavy atom. The second-order valence-electron chi connectivity index (χ2n) is 12.8. The van der Waals surface area contributed by atoms with Gasteiger partial charge in [0.05, 0.1) is 11.3 Å². The van der Waals surface area contributed by atoms with Crippen LogP contribution in [-0.2, 0) is 11.2 Å². The molecule has 1 aromatic carbocycles. The molecule has 2 saturated heterocycles. The number of piperidine rings is 1. The quantitative estimate of drug-likeness (QED) is 0.155. The first-order valence-electron chi connectivity index (χ1n) is 15.7. The summed E-state index contributed by atoms with van der Waals surface area (Å²) in [6, 6.07) is 4.42. The van der Waals surface area contributed by atoms with Gasteiger partial charge in [-0.1, -0.05) is 39.5 Å². The van der Waals surface area contributed by atoms with Crippen LogP contribution in [0.5, 0.6) is 11.5 Å². The van der Waals surface area contributed by atoms with Gasteiger partial charge in [0.2, 0.25) is 0 Å². The molecule has 0 aliphatic carbocycles. The van der Waals surface area contributed by atoms with Crippen molar-refractivity contribution in [2.75, 3.05) is 44.2 Å². The number of carbonyl (C=O) groups excluding carboxylic acids is 1. The van der Waals surface area contributed by atoms with E-state index >= 15 is 0 Å². The Labute approximate surface area is 241 Å². The molecule has 0 aromatic heterocycles. The minimum absolute atomic E-state index is 0.109. The molecule has 2 bridgehead atoms. The van der Waals surface area contributed by atoms with E-state index in [9.17, 15) is 4.79 Å². The predicted molar refractivity (Wildman–Crippen MR) is 163 cm³/mol. The van der Waals surface area contributed by atoms with Gasteiger partial charge in [-0.15, -0.1) is 0 Å². The van der Waals surface area contributed by atoms with E-state index in [2.05, 4.69) is 49.6 Å². The Morgan fingerprint density at radius 2 is 1.87 bits per heavy atom. The van der Waals surface area contributed by atoms with Crippen molar-refractivity contribution in [3.8, 4) is 11.5 Å². The van der Waals surface area contributed by atoms with Crippen LogP contribution in [0, 0.1) is 11.8 Å². The number of nitrogens with zero attached hydrogens (tertiary/aromatic N) is 2. The molecular formula is C33H50N2O3S. The number of benzene rings is 1. The summed E-state index contributed by atoms with van der Waals surface area (Å²) in [5.74, 6) is 5.15. The van der Waals surface area contributed by atoms with Crippen molar-refractivity contribution >= 4 is 23.3 Å². The zero-order chi connectivity index (χ0) is 27.4. The number of rotatable bonds is 12. The third-order valence-corrected chi connectivity index (χ3v) is 10.2. The van der Waals surface area contributed by atoms with Gasteiger partial charge in [-0.2, -0.15) is 11.8 Å². The number of hydrogen-bond acceptors (Lipinski definition) is 6. The molecule has 6 heteroatoms. The van der Waals surface area contributed by atoms with Gasteiger partial charge >= 0.3 is 5.97 Å². The van der Waals surface area contributed by atoms with Gasteiger partial charge in [-0.3, -0.25) is 4.79 Å². The third kappa shape index (κ3) is 6.81. The van der Waals surface area contributed by atoms with Gasteiger partial charge in [0.15, 0.2) is 0 Å². The number of allylic oxidation sites excluding steroid dienone is 1. The first-order valence-corrected chi connectivity index (χ1v) is 16.9. The molecule has 5 aliphatic heterocycles. The highest BCUT2D eigenvalue weighted by molar-refractivity contribution is 7.99. The number of unbranched alkanes of at least 4 members (excludes halogenated alkanes) is 2. The lowest BCUT2D eigenvalue weighted by Gasteiger charge is -2.51. The summed E-state index contributed by atoms with van der Waals surface area (Å²) < 4.78 is 13.0. The average Bonchev–Trinajstić information content (AvgIpc) is 2.92. The van der Waals surface area contributed by atoms with Crippen molar-refractivity contribution in [3.05, 3.63) is 29.0 Å². The maximum absolute atomic E-state index is 13.2. The summed E-state index contributed by atoms with van der Waals surface area (Å²) in [7, 11) is 0. The van der Waals surface area contributed by atoms with Crippen molar-refractivity contribution in [2.24, 2.45) is 11.8 Å². The molecule has 0 radical (unpaired) electrons. The van der Waals surface area contributed by atoms with E-state index < -0.39 is 0 Å². The molecule has 5 nitrogen and oxygen atoms in total. The molecule has 1 unspecified atom stereocenters. The topological polar surface area (TPSA) is 42.0 Å². The van der Waals surface area contributed by atoms with Gasteiger partial charge in [-0.05, 0) is 87.6 Å². The summed E-state index contributed by atoms with van der Waals surface area (Å²) in [5, 5.41) is 0. The summed E-state index contributed by atoms with van der Waals surface area (Å²) in [6.07, 6.45) is 11.0. The SMILES string of the molecule is CCCCCC(C)CCc1cc(OC(=O)CCCN2CCSCC2)c2c(c1)OC(C)(C)C1=C2C2CCN1CC2. The lowest BCUT2D eigenvalue weighted by atomic mass is 9.74. The summed E-state index contributed by atoms with van der Waals surface area (Å²) in [4.78, 5) is 18.2. The molecule has 216 valence electrons. The fourth-order valence-electron chi connectivity index (χ4n) is 7.07. The zero-order valence-electron chi connectivity index (χ0n) is 24.9. The van der Waals surface area contributed by atoms with Gasteiger partial charge in [0, 0.05) is 44.1 Å². The highest BCUT2D eigenvalue weighted by atomic mass is 32.2. The van der Waals surface area contributed by atoms with Crippen LogP contribution in [0.4, 0.5) is 0 Å². The van der Waals surface area contributed by atoms with Crippen LogP contribution in [0.1, 0.15) is 96.6 Å². The number of ether oxygens (including phenoxy) is 2. The summed E-state index contributed by atoms with van der Waals surface area (Å²) in [6.45, 7) is 14.5. The van der Waals surface area contributed by atoms with E-state index in [4.69, 9.17) is 9.47 Å². The molecule has 1 atom stereocenters. The lowest BCUT2D eigenvalue weighted by Crippen LogP contribution is -2.51. The van der Waals surface area contributed by atoms with E-state index in [1.807, 2.05) is 11.8 Å². The Kier molecular flexibility index (Phi) is 9.54. The first kappa shape index (κ1) is 28.9. The number of esters is 1. The van der Waals surface area contributed by atoms with E-state index in [0.29, 0.717) is 18.3 Å². The molecule has 0 saturated carbocycles. The maximum Gasteiger partial charge on any atom is 0.311 e. The van der Waals surface area contributed by atoms with Crippen LogP contribution in [-0.4, -0.2) is 65.6 Å². The highest BCUT2D eigenvalue weighted by Gasteiger charge is 2.46. The summed E-state index contributed by atoms with van der Waals surface area (Å²) in [5.41, 5.74) is 4.61. The Bertz CT molecular complexity index is 1040. The van der Waals surface area contributed by atoms with Crippen molar-refractivity contribution in [3.63, 3.8) is 0 Å². The van der Waals surface area contributed by atoms with Crippen molar-refractivity contribution in [1.82, 2.24) is 9.80 Å². The molecule has 0 spiro atoms. The van der Waals surface area contributed by atoms with Crippen molar-refractivity contribution < 1.29 is 14.3 Å². The predicted octanol–water partition coefficient (Wildman–Crippen LogP) is 7.18. The molecule has 6 rings (SSSR count). The van der Waals surface area contributed by atoms with Crippen LogP contribution in [0.2, 0.25) is 0 Å². The highest BCUT2D eigenvalue weighted by Crippen LogP contribution is 2.54. The number of thioether (sulfide) groups is 1. The normalized spacial score (nSPS) is 21.4. The van der Waals surface area contributed by atoms with Crippen LogP contribution in [0.15, 0.2) is 17.8 Å². The maximum atomic E-state index is 13.2. The number of hydrogen-bond donors (Lipinski definition) is 0. The largest absolute Gasteiger partial charge is 0.481 e. The smallest absolute Gasteiger partial charge is 0.311 e. The van der Waals surface area contributed by atoms with Gasteiger partial charge < -0.3 is 19.3 Å². The Morgan fingerprint density at radius 1 is 1.10 bits per heavy atom. The fourth-order valence-corrected chi connectivity index (χ4v) is 8.05. The molecule has 2 fully saturated rings. The van der Waals surface area contributed by atoms with Crippen LogP contribution in [0.25, 0.3) is 5.57 Å². The molecule has 0 N–H and O–H groups in total. The Hall–Kier alpha value is -1.66. The lowest BCUT2D eigenvalue weighted by molar-refractivity contribution is -0.134. The number of aryl methyl sites for hydroxylation is 1. The van der Waals surface area contributed by atoms with E-state index in [1.54, 1.807) is 0 Å². The molecule has 5 heterocycles. The molecule has 0 amide bonds. The minimum atomic E-state index is -0.374. The van der Waals surface area contributed by atoms with Gasteiger partial charge in [-0.25, -0.2) is 0 Å². The first-order chi connectivity index (χ1) is 18.9. The van der Waals surface area contributed by atoms with Crippen molar-refractivity contribution in [1.29, 1.82) is 0 Å². The van der Waals surface area contributed by atoms with Crippen LogP contribution < -0.4 is 9.47 Å². The van der Waals surface area contributed by atoms with Gasteiger partial charge in [0.1, 0.15) is 17.1 Å². The minimum Gasteiger partial charge on any atom is -0.481 e. The fraction of sp³-hybridized carbons (Fsp3) is 0.727. The van der Waals surface area contributed by atoms with Crippen LogP contribution in [0.3, 0.4) is 0 Å². The standard InChI is InChI=1S/C33H50N2O3S/c1-5-6-7-9-24(2)11-12-25-22-27(37-29(36)10-8-15-34-18-20-39-21-19-34)31-28(23-25)38-33(3,4)32-30(31)26-13-16-35(32)17-14-26/h22-24,26H,5-21H2,1-4H3. The van der Waals surface area contributed by atoms with Gasteiger partial charge in [0.25, 0.3) is 0 Å². The van der Waals surface area contributed by atoms with Crippen LogP contribution >= 0.6 is 11.8 Å². The monoisotopic (exact) mass is 554 g/mol.